The molecule has 0 aliphatic carbocycles. The molecule has 0 bridgehead atoms. The van der Waals surface area contributed by atoms with Gasteiger partial charge in [0.15, 0.2) is 0 Å². The molecule has 0 radical (unpaired) electrons. The highest BCUT2D eigenvalue weighted by Crippen LogP contribution is 2.21. The van der Waals surface area contributed by atoms with Gasteiger partial charge >= 0.3 is 0 Å². The van der Waals surface area contributed by atoms with Gasteiger partial charge in [-0.3, -0.25) is 0 Å². The number of anilines is 1. The Morgan fingerprint density at radius 2 is 2.38 bits per heavy atom. The number of hydrogen-bond acceptors (Lipinski definition) is 5. The second-order valence-electron chi connectivity index (χ2n) is 3.17. The first-order chi connectivity index (χ1) is 7.77. The van der Waals surface area contributed by atoms with Crippen LogP contribution in [0.3, 0.4) is 0 Å². The van der Waals surface area contributed by atoms with Crippen molar-refractivity contribution in [2.45, 2.75) is 12.2 Å². The van der Waals surface area contributed by atoms with E-state index in [1.165, 1.54) is 0 Å². The zero-order valence-electron chi connectivity index (χ0n) is 9.20. The second-order valence-corrected chi connectivity index (χ2v) is 4.68. The summed E-state index contributed by atoms with van der Waals surface area (Å²) in [6, 6.07) is 3.55. The Kier molecular flexibility index (Phi) is 6.56. The largest absolute Gasteiger partial charge is 0.385 e. The van der Waals surface area contributed by atoms with Crippen LogP contribution in [0.1, 0.15) is 12.1 Å². The molecule has 6 heteroatoms. The molecule has 1 rings (SSSR count). The van der Waals surface area contributed by atoms with Crippen molar-refractivity contribution in [3.63, 3.8) is 0 Å². The SMILES string of the molecule is COCCCSCc1nc(NN)ccc1Cl. The predicted molar refractivity (Wildman–Crippen MR) is 69.7 cm³/mol. The third-order valence-corrected chi connectivity index (χ3v) is 3.34. The molecule has 1 aromatic rings. The van der Waals surface area contributed by atoms with Gasteiger partial charge in [-0.15, -0.1) is 0 Å². The van der Waals surface area contributed by atoms with E-state index in [4.69, 9.17) is 22.2 Å². The molecule has 0 aromatic carbocycles. The van der Waals surface area contributed by atoms with Crippen molar-refractivity contribution < 1.29 is 4.74 Å². The number of rotatable bonds is 7. The summed E-state index contributed by atoms with van der Waals surface area (Å²) in [5.74, 6) is 7.74. The first kappa shape index (κ1) is 13.6. The highest BCUT2D eigenvalue weighted by atomic mass is 35.5. The van der Waals surface area contributed by atoms with E-state index in [0.29, 0.717) is 10.8 Å². The molecule has 0 saturated carbocycles. The van der Waals surface area contributed by atoms with Crippen molar-refractivity contribution in [3.05, 3.63) is 22.8 Å². The average Bonchev–Trinajstić information content (AvgIpc) is 2.31. The van der Waals surface area contributed by atoms with Gasteiger partial charge in [0.1, 0.15) is 5.82 Å². The maximum Gasteiger partial charge on any atom is 0.140 e. The van der Waals surface area contributed by atoms with E-state index in [2.05, 4.69) is 10.4 Å². The molecule has 0 unspecified atom stereocenters. The van der Waals surface area contributed by atoms with Gasteiger partial charge in [-0.1, -0.05) is 11.6 Å². The molecule has 1 aromatic heterocycles. The van der Waals surface area contributed by atoms with E-state index in [-0.39, 0.29) is 0 Å². The second kappa shape index (κ2) is 7.73. The topological polar surface area (TPSA) is 60.2 Å². The fraction of sp³-hybridized carbons (Fsp3) is 0.500. The molecule has 3 N–H and O–H groups in total. The van der Waals surface area contributed by atoms with Gasteiger partial charge in [0.2, 0.25) is 0 Å². The minimum Gasteiger partial charge on any atom is -0.385 e. The normalized spacial score (nSPS) is 10.4. The maximum atomic E-state index is 6.02. The van der Waals surface area contributed by atoms with Crippen molar-refractivity contribution in [2.75, 3.05) is 24.9 Å². The monoisotopic (exact) mass is 261 g/mol. The number of nitrogens with one attached hydrogen (secondary N) is 1. The van der Waals surface area contributed by atoms with Crippen LogP contribution in [0.25, 0.3) is 0 Å². The number of halogens is 1. The Hall–Kier alpha value is -0.490. The van der Waals surface area contributed by atoms with Crippen LogP contribution in [0.4, 0.5) is 5.82 Å². The molecule has 4 nitrogen and oxygen atoms in total. The van der Waals surface area contributed by atoms with Crippen LogP contribution in [-0.4, -0.2) is 24.5 Å². The Bertz CT molecular complexity index is 325. The van der Waals surface area contributed by atoms with E-state index in [1.54, 1.807) is 31.0 Å². The van der Waals surface area contributed by atoms with E-state index in [9.17, 15) is 0 Å². The van der Waals surface area contributed by atoms with Crippen molar-refractivity contribution in [1.29, 1.82) is 0 Å². The van der Waals surface area contributed by atoms with E-state index in [1.807, 2.05) is 0 Å². The van der Waals surface area contributed by atoms with Gasteiger partial charge in [0.25, 0.3) is 0 Å². The van der Waals surface area contributed by atoms with Gasteiger partial charge in [-0.2, -0.15) is 11.8 Å². The van der Waals surface area contributed by atoms with E-state index in [0.717, 1.165) is 30.2 Å². The summed E-state index contributed by atoms with van der Waals surface area (Å²) < 4.78 is 4.97. The Balaban J connectivity index is 2.40. The fourth-order valence-corrected chi connectivity index (χ4v) is 2.27. The first-order valence-corrected chi connectivity index (χ1v) is 6.50. The molecule has 0 aliphatic rings. The number of thioether (sulfide) groups is 1. The Morgan fingerprint density at radius 3 is 3.06 bits per heavy atom. The van der Waals surface area contributed by atoms with Gasteiger partial charge in [0.05, 0.1) is 10.7 Å². The van der Waals surface area contributed by atoms with Crippen LogP contribution in [0.5, 0.6) is 0 Å². The third-order valence-electron chi connectivity index (χ3n) is 1.94. The number of hydrogen-bond donors (Lipinski definition) is 2. The molecule has 16 heavy (non-hydrogen) atoms. The number of aromatic nitrogens is 1. The molecule has 0 fully saturated rings. The number of nitrogens with zero attached hydrogens (tertiary/aromatic N) is 1. The predicted octanol–water partition coefficient (Wildman–Crippen LogP) is 2.29. The number of pyridine rings is 1. The molecule has 0 atom stereocenters. The summed E-state index contributed by atoms with van der Waals surface area (Å²) in [5, 5.41) is 0.679. The van der Waals surface area contributed by atoms with Crippen molar-refractivity contribution >= 4 is 29.2 Å². The first-order valence-electron chi connectivity index (χ1n) is 4.96. The van der Waals surface area contributed by atoms with E-state index < -0.39 is 0 Å². The Labute approximate surface area is 105 Å². The summed E-state index contributed by atoms with van der Waals surface area (Å²) >= 11 is 7.81. The van der Waals surface area contributed by atoms with Gasteiger partial charge < -0.3 is 10.2 Å². The molecule has 90 valence electrons. The van der Waals surface area contributed by atoms with Crippen LogP contribution in [0, 0.1) is 0 Å². The summed E-state index contributed by atoms with van der Waals surface area (Å²) in [5.41, 5.74) is 3.37. The van der Waals surface area contributed by atoms with Gasteiger partial charge in [-0.25, -0.2) is 10.8 Å². The van der Waals surface area contributed by atoms with Crippen LogP contribution in [0.15, 0.2) is 12.1 Å². The number of nitrogen functional groups attached to an aromatic ring is 1. The van der Waals surface area contributed by atoms with Crippen LogP contribution < -0.4 is 11.3 Å². The molecular weight excluding hydrogens is 246 g/mol. The molecular formula is C10H16ClN3OS. The Morgan fingerprint density at radius 1 is 1.56 bits per heavy atom. The quantitative estimate of drug-likeness (QED) is 0.448. The smallest absolute Gasteiger partial charge is 0.140 e. The fourth-order valence-electron chi connectivity index (χ4n) is 1.14. The number of nitrogens with two attached hydrogens (primary N) is 1. The number of methoxy groups -OCH3 is 1. The van der Waals surface area contributed by atoms with Crippen molar-refractivity contribution in [1.82, 2.24) is 4.98 Å². The minimum absolute atomic E-state index is 0.636. The number of hydrazine groups is 1. The summed E-state index contributed by atoms with van der Waals surface area (Å²) in [6.07, 6.45) is 1.04. The van der Waals surface area contributed by atoms with Crippen LogP contribution in [0.2, 0.25) is 5.02 Å². The zero-order chi connectivity index (χ0) is 11.8. The lowest BCUT2D eigenvalue weighted by atomic mass is 10.4. The zero-order valence-corrected chi connectivity index (χ0v) is 10.8. The highest BCUT2D eigenvalue weighted by Gasteiger charge is 2.03. The highest BCUT2D eigenvalue weighted by molar-refractivity contribution is 7.98. The molecule has 1 heterocycles. The average molecular weight is 262 g/mol. The van der Waals surface area contributed by atoms with Crippen LogP contribution >= 0.6 is 23.4 Å². The molecule has 0 amide bonds. The molecule has 0 aliphatic heterocycles. The molecule has 0 saturated heterocycles. The summed E-state index contributed by atoms with van der Waals surface area (Å²) in [6.45, 7) is 0.790. The van der Waals surface area contributed by atoms with Crippen LogP contribution in [-0.2, 0) is 10.5 Å². The minimum atomic E-state index is 0.636. The molecule has 0 spiro atoms. The summed E-state index contributed by atoms with van der Waals surface area (Å²) in [7, 11) is 1.71. The van der Waals surface area contributed by atoms with Gasteiger partial charge in [-0.05, 0) is 24.3 Å². The third kappa shape index (κ3) is 4.57. The lowest BCUT2D eigenvalue weighted by Gasteiger charge is -2.06. The van der Waals surface area contributed by atoms with Crippen molar-refractivity contribution in [2.24, 2.45) is 5.84 Å². The number of ether oxygens (including phenoxy) is 1. The van der Waals surface area contributed by atoms with E-state index >= 15 is 0 Å². The maximum absolute atomic E-state index is 6.02. The summed E-state index contributed by atoms with van der Waals surface area (Å²) in [4.78, 5) is 4.29. The lowest BCUT2D eigenvalue weighted by Crippen LogP contribution is -2.09. The lowest BCUT2D eigenvalue weighted by molar-refractivity contribution is 0.200. The van der Waals surface area contributed by atoms with Crippen molar-refractivity contribution in [3.8, 4) is 0 Å². The van der Waals surface area contributed by atoms with Gasteiger partial charge in [0, 0.05) is 19.5 Å². The standard InChI is InChI=1S/C10H16ClN3OS/c1-15-5-2-6-16-7-9-8(11)3-4-10(13-9)14-12/h3-4H,2,5-7,12H2,1H3,(H,13,14).